The third-order valence-corrected chi connectivity index (χ3v) is 2.92. The fourth-order valence-corrected chi connectivity index (χ4v) is 2.11. The van der Waals surface area contributed by atoms with Gasteiger partial charge < -0.3 is 5.73 Å². The van der Waals surface area contributed by atoms with Crippen LogP contribution >= 0.6 is 0 Å². The lowest BCUT2D eigenvalue weighted by Crippen LogP contribution is -2.16. The van der Waals surface area contributed by atoms with Crippen LogP contribution in [0.1, 0.15) is 31.2 Å². The van der Waals surface area contributed by atoms with E-state index in [9.17, 15) is 0 Å². The first-order chi connectivity index (χ1) is 7.34. The van der Waals surface area contributed by atoms with Gasteiger partial charge in [0.2, 0.25) is 0 Å². The maximum absolute atomic E-state index is 5.99. The monoisotopic (exact) mass is 202 g/mol. The van der Waals surface area contributed by atoms with Gasteiger partial charge in [-0.3, -0.25) is 4.98 Å². The maximum atomic E-state index is 5.99. The molecule has 0 aliphatic heterocycles. The molecular weight excluding hydrogens is 184 g/mol. The molecule has 1 atom stereocenters. The van der Waals surface area contributed by atoms with E-state index in [-0.39, 0.29) is 6.04 Å². The van der Waals surface area contributed by atoms with Gasteiger partial charge in [-0.05, 0) is 43.4 Å². The minimum absolute atomic E-state index is 0.268. The van der Waals surface area contributed by atoms with Crippen molar-refractivity contribution in [3.05, 3.63) is 41.7 Å². The predicted molar refractivity (Wildman–Crippen MR) is 62.5 cm³/mol. The Labute approximate surface area is 91.2 Å². The summed E-state index contributed by atoms with van der Waals surface area (Å²) in [6.45, 7) is 0. The molecule has 0 saturated carbocycles. The number of rotatable bonds is 2. The van der Waals surface area contributed by atoms with Gasteiger partial charge in [-0.1, -0.05) is 18.1 Å². The summed E-state index contributed by atoms with van der Waals surface area (Å²) in [5.41, 5.74) is 8.82. The van der Waals surface area contributed by atoms with Crippen LogP contribution in [0, 0.1) is 0 Å². The lowest BCUT2D eigenvalue weighted by Gasteiger charge is -2.06. The molecule has 1 unspecified atom stereocenters. The molecule has 1 heterocycles. The Morgan fingerprint density at radius 2 is 2.07 bits per heavy atom. The zero-order valence-electron chi connectivity index (χ0n) is 9.02. The standard InChI is InChI=1S/C13H18N2/c14-13-4-2-1-3-12(10-13)9-11-5-7-15-8-6-11/h5-8,10,13H,1-4,9,14H2. The van der Waals surface area contributed by atoms with Crippen molar-refractivity contribution in [1.29, 1.82) is 0 Å². The number of nitrogens with zero attached hydrogens (tertiary/aromatic N) is 1. The molecule has 1 aromatic rings. The van der Waals surface area contributed by atoms with Crippen molar-refractivity contribution in [3.63, 3.8) is 0 Å². The van der Waals surface area contributed by atoms with Gasteiger partial charge >= 0.3 is 0 Å². The Morgan fingerprint density at radius 1 is 1.27 bits per heavy atom. The molecule has 2 N–H and O–H groups in total. The van der Waals surface area contributed by atoms with E-state index in [1.807, 2.05) is 12.4 Å². The van der Waals surface area contributed by atoms with Crippen molar-refractivity contribution < 1.29 is 0 Å². The summed E-state index contributed by atoms with van der Waals surface area (Å²) < 4.78 is 0. The Hall–Kier alpha value is -1.15. The summed E-state index contributed by atoms with van der Waals surface area (Å²) in [6, 6.07) is 4.43. The first-order valence-corrected chi connectivity index (χ1v) is 5.68. The molecule has 80 valence electrons. The fourth-order valence-electron chi connectivity index (χ4n) is 2.11. The highest BCUT2D eigenvalue weighted by atomic mass is 14.6. The van der Waals surface area contributed by atoms with Crippen LogP contribution < -0.4 is 5.73 Å². The number of pyridine rings is 1. The van der Waals surface area contributed by atoms with Gasteiger partial charge in [0.25, 0.3) is 0 Å². The molecule has 0 saturated heterocycles. The minimum atomic E-state index is 0.268. The van der Waals surface area contributed by atoms with E-state index in [1.165, 1.54) is 30.4 Å². The Balaban J connectivity index is 2.04. The molecule has 1 aromatic heterocycles. The average molecular weight is 202 g/mol. The molecule has 1 aliphatic carbocycles. The second kappa shape index (κ2) is 5.08. The first-order valence-electron chi connectivity index (χ1n) is 5.68. The zero-order valence-corrected chi connectivity index (χ0v) is 9.02. The van der Waals surface area contributed by atoms with Gasteiger partial charge in [-0.15, -0.1) is 0 Å². The summed E-state index contributed by atoms with van der Waals surface area (Å²) in [6.07, 6.45) is 11.9. The van der Waals surface area contributed by atoms with E-state index in [1.54, 1.807) is 0 Å². The minimum Gasteiger partial charge on any atom is -0.324 e. The summed E-state index contributed by atoms with van der Waals surface area (Å²) in [4.78, 5) is 4.03. The van der Waals surface area contributed by atoms with Crippen molar-refractivity contribution >= 4 is 0 Å². The maximum Gasteiger partial charge on any atom is 0.0270 e. The van der Waals surface area contributed by atoms with Crippen molar-refractivity contribution in [2.45, 2.75) is 38.1 Å². The molecule has 0 radical (unpaired) electrons. The normalized spacial score (nSPS) is 21.9. The van der Waals surface area contributed by atoms with Gasteiger partial charge in [0.05, 0.1) is 0 Å². The lowest BCUT2D eigenvalue weighted by molar-refractivity contribution is 0.654. The third kappa shape index (κ3) is 3.17. The number of allylic oxidation sites excluding steroid dienone is 1. The molecule has 2 rings (SSSR count). The van der Waals surface area contributed by atoms with Crippen molar-refractivity contribution in [2.24, 2.45) is 5.73 Å². The van der Waals surface area contributed by atoms with Crippen LogP contribution in [-0.2, 0) is 6.42 Å². The largest absolute Gasteiger partial charge is 0.324 e. The summed E-state index contributed by atoms with van der Waals surface area (Å²) in [5, 5.41) is 0. The summed E-state index contributed by atoms with van der Waals surface area (Å²) in [7, 11) is 0. The number of hydrogen-bond donors (Lipinski definition) is 1. The molecule has 0 fully saturated rings. The lowest BCUT2D eigenvalue weighted by atomic mass is 10.0. The number of hydrogen-bond acceptors (Lipinski definition) is 2. The van der Waals surface area contributed by atoms with Crippen molar-refractivity contribution in [2.75, 3.05) is 0 Å². The SMILES string of the molecule is NC1C=C(Cc2ccncc2)CCCC1. The van der Waals surface area contributed by atoms with E-state index in [2.05, 4.69) is 23.2 Å². The Bertz CT molecular complexity index is 330. The Morgan fingerprint density at radius 3 is 2.87 bits per heavy atom. The topological polar surface area (TPSA) is 38.9 Å². The molecule has 2 heteroatoms. The van der Waals surface area contributed by atoms with Crippen LogP contribution in [0.3, 0.4) is 0 Å². The van der Waals surface area contributed by atoms with Crippen LogP contribution in [0.4, 0.5) is 0 Å². The highest BCUT2D eigenvalue weighted by molar-refractivity contribution is 5.21. The van der Waals surface area contributed by atoms with Gasteiger partial charge in [-0.25, -0.2) is 0 Å². The Kier molecular flexibility index (Phi) is 3.51. The first kappa shape index (κ1) is 10.4. The van der Waals surface area contributed by atoms with E-state index < -0.39 is 0 Å². The smallest absolute Gasteiger partial charge is 0.0270 e. The molecule has 15 heavy (non-hydrogen) atoms. The van der Waals surface area contributed by atoms with Crippen molar-refractivity contribution in [1.82, 2.24) is 4.98 Å². The second-order valence-corrected chi connectivity index (χ2v) is 4.27. The highest BCUT2D eigenvalue weighted by Gasteiger charge is 2.08. The molecule has 0 spiro atoms. The summed E-state index contributed by atoms with van der Waals surface area (Å²) >= 11 is 0. The van der Waals surface area contributed by atoms with Gasteiger partial charge in [0, 0.05) is 18.4 Å². The van der Waals surface area contributed by atoms with Gasteiger partial charge in [-0.2, -0.15) is 0 Å². The summed E-state index contributed by atoms with van der Waals surface area (Å²) in [5.74, 6) is 0. The van der Waals surface area contributed by atoms with E-state index in [0.29, 0.717) is 0 Å². The van der Waals surface area contributed by atoms with Crippen LogP contribution in [0.2, 0.25) is 0 Å². The van der Waals surface area contributed by atoms with E-state index >= 15 is 0 Å². The molecule has 0 amide bonds. The zero-order chi connectivity index (χ0) is 10.5. The predicted octanol–water partition coefficient (Wildman–Crippen LogP) is 2.45. The van der Waals surface area contributed by atoms with Crippen LogP contribution in [0.25, 0.3) is 0 Å². The fraction of sp³-hybridized carbons (Fsp3) is 0.462. The van der Waals surface area contributed by atoms with Gasteiger partial charge in [0.15, 0.2) is 0 Å². The molecule has 0 bridgehead atoms. The molecule has 1 aliphatic rings. The van der Waals surface area contributed by atoms with E-state index in [4.69, 9.17) is 5.73 Å². The van der Waals surface area contributed by atoms with Crippen LogP contribution in [0.15, 0.2) is 36.2 Å². The highest BCUT2D eigenvalue weighted by Crippen LogP contribution is 2.19. The van der Waals surface area contributed by atoms with Gasteiger partial charge in [0.1, 0.15) is 0 Å². The van der Waals surface area contributed by atoms with E-state index in [0.717, 1.165) is 12.8 Å². The number of aromatic nitrogens is 1. The molecular formula is C13H18N2. The average Bonchev–Trinajstić information content (AvgIpc) is 2.44. The van der Waals surface area contributed by atoms with Crippen LogP contribution in [0.5, 0.6) is 0 Å². The molecule has 0 aromatic carbocycles. The third-order valence-electron chi connectivity index (χ3n) is 2.92. The number of nitrogens with two attached hydrogens (primary N) is 1. The van der Waals surface area contributed by atoms with Crippen molar-refractivity contribution in [3.8, 4) is 0 Å². The van der Waals surface area contributed by atoms with Crippen LogP contribution in [-0.4, -0.2) is 11.0 Å². The second-order valence-electron chi connectivity index (χ2n) is 4.27. The quantitative estimate of drug-likeness (QED) is 0.748. The molecule has 2 nitrogen and oxygen atoms in total.